The van der Waals surface area contributed by atoms with Crippen LogP contribution in [-0.2, 0) is 6.54 Å². The van der Waals surface area contributed by atoms with Crippen molar-refractivity contribution in [1.29, 1.82) is 0 Å². The first-order valence-electron chi connectivity index (χ1n) is 6.53. The summed E-state index contributed by atoms with van der Waals surface area (Å²) in [5.74, 6) is 0.832. The maximum absolute atomic E-state index is 5.75. The molecule has 0 atom stereocenters. The zero-order chi connectivity index (χ0) is 11.7. The Morgan fingerprint density at radius 3 is 2.94 bits per heavy atom. The topological polar surface area (TPSA) is 43.8 Å². The molecule has 17 heavy (non-hydrogen) atoms. The quantitative estimate of drug-likeness (QED) is 0.859. The van der Waals surface area contributed by atoms with Gasteiger partial charge in [0.1, 0.15) is 5.65 Å². The summed E-state index contributed by atoms with van der Waals surface area (Å²) >= 11 is 0. The van der Waals surface area contributed by atoms with Crippen molar-refractivity contribution in [2.24, 2.45) is 5.92 Å². The number of pyridine rings is 1. The number of hydrogen-bond donors (Lipinski definition) is 1. The molecule has 0 saturated heterocycles. The monoisotopic (exact) mass is 229 g/mol. The highest BCUT2D eigenvalue weighted by molar-refractivity contribution is 5.79. The molecule has 3 rings (SSSR count). The molecule has 90 valence electrons. The van der Waals surface area contributed by atoms with Crippen LogP contribution in [0.15, 0.2) is 24.5 Å². The van der Waals surface area contributed by atoms with Gasteiger partial charge in [-0.1, -0.05) is 19.3 Å². The van der Waals surface area contributed by atoms with E-state index in [4.69, 9.17) is 5.73 Å². The van der Waals surface area contributed by atoms with Gasteiger partial charge < -0.3 is 10.3 Å². The molecule has 2 heterocycles. The smallest absolute Gasteiger partial charge is 0.139 e. The lowest BCUT2D eigenvalue weighted by Gasteiger charge is -2.22. The third-order valence-electron chi connectivity index (χ3n) is 3.80. The van der Waals surface area contributed by atoms with Crippen molar-refractivity contribution >= 4 is 16.7 Å². The molecule has 1 aliphatic carbocycles. The van der Waals surface area contributed by atoms with Crippen LogP contribution in [0.3, 0.4) is 0 Å². The minimum Gasteiger partial charge on any atom is -0.397 e. The maximum atomic E-state index is 5.75. The van der Waals surface area contributed by atoms with E-state index in [1.54, 1.807) is 6.20 Å². The predicted molar refractivity (Wildman–Crippen MR) is 70.7 cm³/mol. The Balaban J connectivity index is 1.84. The Labute approximate surface area is 102 Å². The van der Waals surface area contributed by atoms with Gasteiger partial charge in [0.15, 0.2) is 0 Å². The van der Waals surface area contributed by atoms with E-state index in [2.05, 4.69) is 21.8 Å². The van der Waals surface area contributed by atoms with Gasteiger partial charge in [-0.2, -0.15) is 0 Å². The van der Waals surface area contributed by atoms with Crippen LogP contribution in [0.4, 0.5) is 5.69 Å². The van der Waals surface area contributed by atoms with Crippen LogP contribution in [0, 0.1) is 5.92 Å². The van der Waals surface area contributed by atoms with Gasteiger partial charge in [-0.3, -0.25) is 0 Å². The highest BCUT2D eigenvalue weighted by Crippen LogP contribution is 2.26. The van der Waals surface area contributed by atoms with E-state index in [0.29, 0.717) is 0 Å². The number of fused-ring (bicyclic) bond motifs is 1. The summed E-state index contributed by atoms with van der Waals surface area (Å²) in [4.78, 5) is 4.44. The molecule has 1 saturated carbocycles. The Morgan fingerprint density at radius 2 is 2.12 bits per heavy atom. The molecular weight excluding hydrogens is 210 g/mol. The minimum atomic E-state index is 0.743. The fourth-order valence-corrected chi connectivity index (χ4v) is 2.89. The summed E-state index contributed by atoms with van der Waals surface area (Å²) in [6.45, 7) is 1.11. The number of rotatable bonds is 2. The van der Waals surface area contributed by atoms with Crippen molar-refractivity contribution in [3.8, 4) is 0 Å². The van der Waals surface area contributed by atoms with Crippen molar-refractivity contribution in [1.82, 2.24) is 9.55 Å². The summed E-state index contributed by atoms with van der Waals surface area (Å²) in [6.07, 6.45) is 10.8. The molecule has 0 aromatic carbocycles. The first kappa shape index (κ1) is 10.6. The van der Waals surface area contributed by atoms with Crippen LogP contribution < -0.4 is 5.73 Å². The summed E-state index contributed by atoms with van der Waals surface area (Å²) in [7, 11) is 0. The Bertz CT molecular complexity index is 509. The zero-order valence-corrected chi connectivity index (χ0v) is 10.1. The molecule has 0 unspecified atom stereocenters. The number of nitrogens with two attached hydrogens (primary N) is 1. The lowest BCUT2D eigenvalue weighted by molar-refractivity contribution is 0.322. The largest absolute Gasteiger partial charge is 0.397 e. The predicted octanol–water partition coefficient (Wildman–Crippen LogP) is 3.20. The number of nitrogen functional groups attached to an aromatic ring is 1. The summed E-state index contributed by atoms with van der Waals surface area (Å²) in [5, 5.41) is 1.15. The molecule has 1 fully saturated rings. The third-order valence-corrected chi connectivity index (χ3v) is 3.80. The summed E-state index contributed by atoms with van der Waals surface area (Å²) < 4.78 is 2.28. The fraction of sp³-hybridized carbons (Fsp3) is 0.500. The standard InChI is InChI=1S/C14H19N3/c15-13-8-12-6-7-17(14(12)16-9-13)10-11-4-2-1-3-5-11/h6-9,11H,1-5,10,15H2. The normalized spacial score (nSPS) is 17.6. The average molecular weight is 229 g/mol. The van der Waals surface area contributed by atoms with Gasteiger partial charge in [0.25, 0.3) is 0 Å². The van der Waals surface area contributed by atoms with E-state index in [1.807, 2.05) is 6.07 Å². The second-order valence-electron chi connectivity index (χ2n) is 5.15. The number of anilines is 1. The number of aromatic nitrogens is 2. The van der Waals surface area contributed by atoms with E-state index in [9.17, 15) is 0 Å². The van der Waals surface area contributed by atoms with Crippen LogP contribution in [0.5, 0.6) is 0 Å². The molecule has 3 nitrogen and oxygen atoms in total. The van der Waals surface area contributed by atoms with Crippen molar-refractivity contribution in [2.45, 2.75) is 38.6 Å². The molecule has 2 aromatic heterocycles. The van der Waals surface area contributed by atoms with Crippen LogP contribution >= 0.6 is 0 Å². The molecule has 0 radical (unpaired) electrons. The van der Waals surface area contributed by atoms with Crippen molar-refractivity contribution < 1.29 is 0 Å². The van der Waals surface area contributed by atoms with Crippen LogP contribution in [-0.4, -0.2) is 9.55 Å². The van der Waals surface area contributed by atoms with E-state index < -0.39 is 0 Å². The summed E-state index contributed by atoms with van der Waals surface area (Å²) in [5.41, 5.74) is 7.56. The van der Waals surface area contributed by atoms with Crippen molar-refractivity contribution in [2.75, 3.05) is 5.73 Å². The van der Waals surface area contributed by atoms with Crippen molar-refractivity contribution in [3.63, 3.8) is 0 Å². The minimum absolute atomic E-state index is 0.743. The van der Waals surface area contributed by atoms with E-state index in [1.165, 1.54) is 32.1 Å². The third kappa shape index (κ3) is 2.14. The lowest BCUT2D eigenvalue weighted by atomic mass is 9.89. The molecule has 1 aliphatic rings. The Morgan fingerprint density at radius 1 is 1.29 bits per heavy atom. The average Bonchev–Trinajstić information content (AvgIpc) is 2.73. The van der Waals surface area contributed by atoms with Gasteiger partial charge in [-0.25, -0.2) is 4.98 Å². The van der Waals surface area contributed by atoms with Gasteiger partial charge >= 0.3 is 0 Å². The van der Waals surface area contributed by atoms with Gasteiger partial charge in [0.05, 0.1) is 11.9 Å². The molecule has 0 bridgehead atoms. The Kier molecular flexibility index (Phi) is 2.75. The van der Waals surface area contributed by atoms with Gasteiger partial charge in [-0.05, 0) is 30.9 Å². The molecule has 2 aromatic rings. The first-order chi connectivity index (χ1) is 8.33. The van der Waals surface area contributed by atoms with Crippen molar-refractivity contribution in [3.05, 3.63) is 24.5 Å². The second kappa shape index (κ2) is 4.40. The number of hydrogen-bond acceptors (Lipinski definition) is 2. The molecule has 0 aliphatic heterocycles. The van der Waals surface area contributed by atoms with E-state index >= 15 is 0 Å². The molecule has 0 amide bonds. The van der Waals surface area contributed by atoms with Crippen LogP contribution in [0.1, 0.15) is 32.1 Å². The Hall–Kier alpha value is -1.51. The van der Waals surface area contributed by atoms with Crippen LogP contribution in [0.2, 0.25) is 0 Å². The highest BCUT2D eigenvalue weighted by Gasteiger charge is 2.14. The SMILES string of the molecule is Nc1cnc2c(ccn2CC2CCCCC2)c1. The molecular formula is C14H19N3. The van der Waals surface area contributed by atoms with Gasteiger partial charge in [-0.15, -0.1) is 0 Å². The lowest BCUT2D eigenvalue weighted by Crippen LogP contribution is -2.13. The molecule has 0 spiro atoms. The highest BCUT2D eigenvalue weighted by atomic mass is 15.0. The van der Waals surface area contributed by atoms with Gasteiger partial charge in [0.2, 0.25) is 0 Å². The first-order valence-corrected chi connectivity index (χ1v) is 6.53. The molecule has 3 heteroatoms. The van der Waals surface area contributed by atoms with E-state index in [0.717, 1.165) is 29.2 Å². The number of nitrogens with zero attached hydrogens (tertiary/aromatic N) is 2. The zero-order valence-electron chi connectivity index (χ0n) is 10.1. The van der Waals surface area contributed by atoms with E-state index in [-0.39, 0.29) is 0 Å². The fourth-order valence-electron chi connectivity index (χ4n) is 2.89. The maximum Gasteiger partial charge on any atom is 0.139 e. The summed E-state index contributed by atoms with van der Waals surface area (Å²) in [6, 6.07) is 4.11. The van der Waals surface area contributed by atoms with Crippen LogP contribution in [0.25, 0.3) is 11.0 Å². The second-order valence-corrected chi connectivity index (χ2v) is 5.15. The molecule has 2 N–H and O–H groups in total. The van der Waals surface area contributed by atoms with Gasteiger partial charge in [0, 0.05) is 18.1 Å².